The molecule has 5 nitrogen and oxygen atoms in total. The van der Waals surface area contributed by atoms with Crippen LogP contribution in [-0.2, 0) is 6.61 Å². The van der Waals surface area contributed by atoms with Crippen molar-refractivity contribution in [3.05, 3.63) is 65.2 Å². The van der Waals surface area contributed by atoms with Gasteiger partial charge in [-0.05, 0) is 61.9 Å². The molecule has 1 heterocycles. The highest BCUT2D eigenvalue weighted by Gasteiger charge is 2.42. The number of hydrogen-bond acceptors (Lipinski definition) is 4. The second-order valence-corrected chi connectivity index (χ2v) is 8.11. The first kappa shape index (κ1) is 19.5. The van der Waals surface area contributed by atoms with Crippen LogP contribution in [0, 0.1) is 17.2 Å². The molecule has 150 valence electrons. The minimum atomic E-state index is -0.577. The fourth-order valence-corrected chi connectivity index (χ4v) is 4.24. The summed E-state index contributed by atoms with van der Waals surface area (Å²) in [5, 5.41) is 20.0. The summed E-state index contributed by atoms with van der Waals surface area (Å²) >= 11 is 0. The molecule has 1 aliphatic heterocycles. The highest BCUT2D eigenvalue weighted by atomic mass is 16.5. The Kier molecular flexibility index (Phi) is 5.55. The van der Waals surface area contributed by atoms with Crippen LogP contribution in [0.2, 0.25) is 0 Å². The number of ether oxygens (including phenoxy) is 1. The first-order valence-corrected chi connectivity index (χ1v) is 10.3. The van der Waals surface area contributed by atoms with Crippen molar-refractivity contribution in [1.82, 2.24) is 4.90 Å². The van der Waals surface area contributed by atoms with E-state index >= 15 is 0 Å². The van der Waals surface area contributed by atoms with Gasteiger partial charge in [-0.15, -0.1) is 0 Å². The van der Waals surface area contributed by atoms with E-state index < -0.39 is 5.60 Å². The monoisotopic (exact) mass is 390 g/mol. The van der Waals surface area contributed by atoms with Crippen molar-refractivity contribution in [2.24, 2.45) is 5.92 Å². The summed E-state index contributed by atoms with van der Waals surface area (Å²) in [7, 11) is 0. The summed E-state index contributed by atoms with van der Waals surface area (Å²) in [6.45, 7) is 1.52. The van der Waals surface area contributed by atoms with Crippen molar-refractivity contribution >= 4 is 5.91 Å². The fourth-order valence-electron chi connectivity index (χ4n) is 4.24. The number of nitrogens with zero attached hydrogens (tertiary/aromatic N) is 2. The molecule has 0 radical (unpaired) electrons. The molecule has 1 N–H and O–H groups in total. The zero-order chi connectivity index (χ0) is 20.3. The van der Waals surface area contributed by atoms with Gasteiger partial charge in [-0.1, -0.05) is 24.6 Å². The van der Waals surface area contributed by atoms with Gasteiger partial charge >= 0.3 is 0 Å². The van der Waals surface area contributed by atoms with E-state index in [1.165, 1.54) is 6.42 Å². The Hall–Kier alpha value is -2.84. The molecule has 0 spiro atoms. The van der Waals surface area contributed by atoms with E-state index in [9.17, 15) is 9.90 Å². The van der Waals surface area contributed by atoms with Crippen LogP contribution in [0.1, 0.15) is 53.6 Å². The van der Waals surface area contributed by atoms with E-state index in [0.29, 0.717) is 55.3 Å². The maximum absolute atomic E-state index is 12.8. The van der Waals surface area contributed by atoms with Crippen LogP contribution in [-0.4, -0.2) is 34.6 Å². The maximum Gasteiger partial charge on any atom is 0.253 e. The number of carbonyl (C=O) groups excluding carboxylic acids is 1. The number of piperidine rings is 1. The van der Waals surface area contributed by atoms with Gasteiger partial charge in [0.1, 0.15) is 12.4 Å². The maximum atomic E-state index is 12.8. The third-order valence-electron chi connectivity index (χ3n) is 6.42. The predicted octanol–water partition coefficient (Wildman–Crippen LogP) is 3.90. The Morgan fingerprint density at radius 3 is 2.45 bits per heavy atom. The summed E-state index contributed by atoms with van der Waals surface area (Å²) in [6.07, 6.45) is 4.79. The molecule has 2 aliphatic rings. The van der Waals surface area contributed by atoms with E-state index in [4.69, 9.17) is 10.00 Å². The van der Waals surface area contributed by atoms with Crippen LogP contribution in [0.5, 0.6) is 5.75 Å². The van der Waals surface area contributed by atoms with Crippen LogP contribution in [0.15, 0.2) is 48.5 Å². The molecule has 1 aliphatic carbocycles. The normalized spacial score (nSPS) is 18.6. The fraction of sp³-hybridized carbons (Fsp3) is 0.417. The SMILES string of the molecule is N#Cc1ccccc1COc1ccc(C(=O)N2CCC(O)(C3CCC3)CC2)cc1. The second-order valence-electron chi connectivity index (χ2n) is 8.11. The molecular weight excluding hydrogens is 364 g/mol. The van der Waals surface area contributed by atoms with Crippen molar-refractivity contribution in [2.75, 3.05) is 13.1 Å². The van der Waals surface area contributed by atoms with Crippen molar-refractivity contribution in [1.29, 1.82) is 5.26 Å². The van der Waals surface area contributed by atoms with Gasteiger partial charge in [-0.25, -0.2) is 0 Å². The summed E-state index contributed by atoms with van der Waals surface area (Å²) < 4.78 is 5.78. The van der Waals surface area contributed by atoms with Gasteiger partial charge in [0, 0.05) is 24.2 Å². The van der Waals surface area contributed by atoms with E-state index in [1.54, 1.807) is 30.3 Å². The third-order valence-corrected chi connectivity index (χ3v) is 6.42. The van der Waals surface area contributed by atoms with Crippen molar-refractivity contribution < 1.29 is 14.6 Å². The van der Waals surface area contributed by atoms with Gasteiger partial charge < -0.3 is 14.7 Å². The number of likely N-dealkylation sites (tertiary alicyclic amines) is 1. The van der Waals surface area contributed by atoms with Crippen LogP contribution < -0.4 is 4.74 Å². The smallest absolute Gasteiger partial charge is 0.253 e. The Labute approximate surface area is 171 Å². The third kappa shape index (κ3) is 4.13. The molecule has 0 atom stereocenters. The molecule has 2 aromatic carbocycles. The molecule has 1 saturated carbocycles. The Balaban J connectivity index is 1.33. The summed E-state index contributed by atoms with van der Waals surface area (Å²) in [5.41, 5.74) is 1.49. The quantitative estimate of drug-likeness (QED) is 0.840. The average molecular weight is 390 g/mol. The van der Waals surface area contributed by atoms with Crippen LogP contribution in [0.25, 0.3) is 0 Å². The lowest BCUT2D eigenvalue weighted by atomic mass is 9.69. The average Bonchev–Trinajstić information content (AvgIpc) is 2.71. The Morgan fingerprint density at radius 2 is 1.83 bits per heavy atom. The molecule has 1 saturated heterocycles. The molecule has 0 aromatic heterocycles. The molecule has 29 heavy (non-hydrogen) atoms. The van der Waals surface area contributed by atoms with E-state index in [2.05, 4.69) is 6.07 Å². The molecule has 4 rings (SSSR count). The molecule has 2 aromatic rings. The standard InChI is InChI=1S/C24H26N2O3/c25-16-19-4-1-2-5-20(19)17-29-22-10-8-18(9-11-22)23(27)26-14-12-24(28,13-15-26)21-6-3-7-21/h1-2,4-5,8-11,21,28H,3,6-7,12-15,17H2. The molecule has 2 fully saturated rings. The first-order chi connectivity index (χ1) is 14.1. The largest absolute Gasteiger partial charge is 0.489 e. The zero-order valence-corrected chi connectivity index (χ0v) is 16.5. The molecule has 0 unspecified atom stereocenters. The van der Waals surface area contributed by atoms with Gasteiger partial charge in [-0.3, -0.25) is 4.79 Å². The van der Waals surface area contributed by atoms with Gasteiger partial charge in [0.25, 0.3) is 5.91 Å². The highest BCUT2D eigenvalue weighted by Crippen LogP contribution is 2.42. The number of carbonyl (C=O) groups is 1. The number of aliphatic hydroxyl groups is 1. The van der Waals surface area contributed by atoms with Gasteiger partial charge in [0.15, 0.2) is 0 Å². The van der Waals surface area contributed by atoms with Gasteiger partial charge in [0.2, 0.25) is 0 Å². The molecule has 1 amide bonds. The second kappa shape index (κ2) is 8.26. The predicted molar refractivity (Wildman–Crippen MR) is 109 cm³/mol. The van der Waals surface area contributed by atoms with E-state index in [-0.39, 0.29) is 5.91 Å². The Bertz CT molecular complexity index is 904. The van der Waals surface area contributed by atoms with Crippen molar-refractivity contribution in [2.45, 2.75) is 44.3 Å². The Morgan fingerprint density at radius 1 is 1.14 bits per heavy atom. The lowest BCUT2D eigenvalue weighted by Crippen LogP contribution is -2.52. The van der Waals surface area contributed by atoms with Crippen LogP contribution >= 0.6 is 0 Å². The summed E-state index contributed by atoms with van der Waals surface area (Å²) in [5.74, 6) is 1.08. The van der Waals surface area contributed by atoms with E-state index in [1.807, 2.05) is 23.1 Å². The van der Waals surface area contributed by atoms with Gasteiger partial charge in [-0.2, -0.15) is 5.26 Å². The topological polar surface area (TPSA) is 73.6 Å². The van der Waals surface area contributed by atoms with Crippen LogP contribution in [0.3, 0.4) is 0 Å². The zero-order valence-electron chi connectivity index (χ0n) is 16.5. The lowest BCUT2D eigenvalue weighted by Gasteiger charge is -2.46. The van der Waals surface area contributed by atoms with E-state index in [0.717, 1.165) is 18.4 Å². The minimum absolute atomic E-state index is 0.00188. The number of benzene rings is 2. The van der Waals surface area contributed by atoms with Crippen LogP contribution in [0.4, 0.5) is 0 Å². The molecule has 0 bridgehead atoms. The van der Waals surface area contributed by atoms with Gasteiger partial charge in [0.05, 0.1) is 17.2 Å². The number of hydrogen-bond donors (Lipinski definition) is 1. The molecule has 5 heteroatoms. The number of nitriles is 1. The minimum Gasteiger partial charge on any atom is -0.489 e. The van der Waals surface area contributed by atoms with Crippen molar-refractivity contribution in [3.63, 3.8) is 0 Å². The number of amides is 1. The highest BCUT2D eigenvalue weighted by molar-refractivity contribution is 5.94. The summed E-state index contributed by atoms with van der Waals surface area (Å²) in [6, 6.07) is 16.7. The first-order valence-electron chi connectivity index (χ1n) is 10.3. The summed E-state index contributed by atoms with van der Waals surface area (Å²) in [4.78, 5) is 14.6. The molecular formula is C24H26N2O3. The lowest BCUT2D eigenvalue weighted by molar-refractivity contribution is -0.0861. The van der Waals surface area contributed by atoms with Crippen molar-refractivity contribution in [3.8, 4) is 11.8 Å². The number of rotatable bonds is 5.